The number of carbonyl (C=O) groups excluding carboxylic acids is 5. The normalized spacial score (nSPS) is 16.1. The summed E-state index contributed by atoms with van der Waals surface area (Å²) in [6.07, 6.45) is -2.81. The monoisotopic (exact) mass is 762 g/mol. The number of hydrogen-bond donors (Lipinski definition) is 4. The summed E-state index contributed by atoms with van der Waals surface area (Å²) in [5, 5.41) is 13.3. The lowest BCUT2D eigenvalue weighted by Gasteiger charge is -2.27. The number of amides is 5. The van der Waals surface area contributed by atoms with Crippen LogP contribution in [0.2, 0.25) is 0 Å². The molecule has 7 rings (SSSR count). The number of alkyl halides is 3. The molecular weight excluding hydrogens is 725 g/mol. The Balaban J connectivity index is 0.903. The van der Waals surface area contributed by atoms with E-state index in [4.69, 9.17) is 0 Å². The number of rotatable bonds is 12. The van der Waals surface area contributed by atoms with Crippen molar-refractivity contribution < 1.29 is 37.1 Å². The van der Waals surface area contributed by atoms with Gasteiger partial charge in [0.25, 0.3) is 17.7 Å². The van der Waals surface area contributed by atoms with Crippen molar-refractivity contribution in [3.63, 3.8) is 0 Å². The van der Waals surface area contributed by atoms with Gasteiger partial charge in [0, 0.05) is 30.8 Å². The van der Waals surface area contributed by atoms with Crippen LogP contribution in [0.25, 0.3) is 21.9 Å². The molecule has 4 aromatic carbocycles. The molecule has 1 saturated heterocycles. The summed E-state index contributed by atoms with van der Waals surface area (Å²) in [6.45, 7) is 2.94. The molecule has 5 aromatic rings. The second-order valence-electron chi connectivity index (χ2n) is 13.7. The zero-order chi connectivity index (χ0) is 39.6. The third kappa shape index (κ3) is 7.81. The maximum absolute atomic E-state index is 13.3. The van der Waals surface area contributed by atoms with Gasteiger partial charge in [-0.05, 0) is 96.6 Å². The van der Waals surface area contributed by atoms with Gasteiger partial charge in [-0.25, -0.2) is 4.98 Å². The van der Waals surface area contributed by atoms with Crippen LogP contribution in [0.1, 0.15) is 81.0 Å². The second kappa shape index (κ2) is 15.7. The number of unbranched alkanes of at least 4 members (excludes halogenated alkanes) is 1. The van der Waals surface area contributed by atoms with Crippen LogP contribution in [0.15, 0.2) is 97.1 Å². The largest absolute Gasteiger partial charge is 0.416 e. The predicted octanol–water partition coefficient (Wildman–Crippen LogP) is 7.12. The summed E-state index contributed by atoms with van der Waals surface area (Å²) in [5.74, 6) is -1.87. The van der Waals surface area contributed by atoms with Crippen molar-refractivity contribution >= 4 is 51.8 Å². The van der Waals surface area contributed by atoms with Crippen LogP contribution in [0.4, 0.5) is 24.7 Å². The van der Waals surface area contributed by atoms with Crippen LogP contribution in [-0.4, -0.2) is 58.6 Å². The molecular formula is C42H37F3N6O5. The highest BCUT2D eigenvalue weighted by molar-refractivity contribution is 6.25. The van der Waals surface area contributed by atoms with Gasteiger partial charge in [-0.3, -0.25) is 34.2 Å². The lowest BCUT2D eigenvalue weighted by molar-refractivity contribution is -0.138. The minimum atomic E-state index is -4.42. The zero-order valence-corrected chi connectivity index (χ0v) is 30.2. The molecule has 2 aliphatic heterocycles. The fourth-order valence-electron chi connectivity index (χ4n) is 7.01. The van der Waals surface area contributed by atoms with Gasteiger partial charge in [0.2, 0.25) is 11.8 Å². The van der Waals surface area contributed by atoms with Crippen molar-refractivity contribution in [2.45, 2.75) is 50.9 Å². The Labute approximate surface area is 319 Å². The second-order valence-corrected chi connectivity index (χ2v) is 13.7. The molecule has 0 spiro atoms. The van der Waals surface area contributed by atoms with E-state index in [0.717, 1.165) is 46.2 Å². The molecule has 14 heteroatoms. The van der Waals surface area contributed by atoms with E-state index in [1.165, 1.54) is 12.1 Å². The molecule has 3 heterocycles. The van der Waals surface area contributed by atoms with Gasteiger partial charge in [-0.2, -0.15) is 13.2 Å². The number of halogens is 3. The Kier molecular flexibility index (Phi) is 10.5. The number of carbonyl (C=O) groups is 5. The Morgan fingerprint density at radius 3 is 2.32 bits per heavy atom. The van der Waals surface area contributed by atoms with Crippen molar-refractivity contribution in [3.8, 4) is 11.1 Å². The summed E-state index contributed by atoms with van der Waals surface area (Å²) < 4.78 is 39.2. The van der Waals surface area contributed by atoms with E-state index in [0.29, 0.717) is 41.4 Å². The Morgan fingerprint density at radius 1 is 0.857 bits per heavy atom. The highest BCUT2D eigenvalue weighted by Gasteiger charge is 2.45. The maximum atomic E-state index is 13.3. The number of nitrogens with zero attached hydrogens (tertiary/aromatic N) is 2. The average Bonchev–Trinajstić information content (AvgIpc) is 3.44. The molecule has 0 bridgehead atoms. The van der Waals surface area contributed by atoms with Crippen LogP contribution in [0.3, 0.4) is 0 Å². The van der Waals surface area contributed by atoms with E-state index in [1.54, 1.807) is 42.5 Å². The molecule has 1 unspecified atom stereocenters. The Bertz CT molecular complexity index is 2360. The fraction of sp³-hybridized carbons (Fsp3) is 0.238. The van der Waals surface area contributed by atoms with E-state index < -0.39 is 47.5 Å². The summed E-state index contributed by atoms with van der Waals surface area (Å²) in [4.78, 5) is 69.3. The van der Waals surface area contributed by atoms with Crippen LogP contribution >= 0.6 is 0 Å². The molecule has 2 aliphatic rings. The predicted molar refractivity (Wildman–Crippen MR) is 204 cm³/mol. The highest BCUT2D eigenvalue weighted by Crippen LogP contribution is 2.35. The van der Waals surface area contributed by atoms with Crippen molar-refractivity contribution in [1.29, 1.82) is 0 Å². The molecule has 1 fully saturated rings. The molecule has 11 nitrogen and oxygen atoms in total. The van der Waals surface area contributed by atoms with Crippen LogP contribution in [-0.2, 0) is 15.8 Å². The SMILES string of the molecule is C[C@H](NC(=O)c1ccc2c(-c3ccc(C(F)(F)F)cc3)cccc2c1)c1cccc(NCCCCNc2cccc3c2C(=O)N(C2CCC(=O)NC2=O)C3=O)n1. The number of aromatic nitrogens is 1. The zero-order valence-electron chi connectivity index (χ0n) is 30.2. The average molecular weight is 763 g/mol. The molecule has 5 amide bonds. The first kappa shape index (κ1) is 37.7. The molecule has 0 radical (unpaired) electrons. The smallest absolute Gasteiger partial charge is 0.384 e. The van der Waals surface area contributed by atoms with Crippen molar-refractivity contribution in [2.24, 2.45) is 0 Å². The molecule has 0 saturated carbocycles. The van der Waals surface area contributed by atoms with Gasteiger partial charge in [0.15, 0.2) is 0 Å². The van der Waals surface area contributed by atoms with Gasteiger partial charge >= 0.3 is 6.18 Å². The molecule has 0 aliphatic carbocycles. The van der Waals surface area contributed by atoms with Gasteiger partial charge in [0.1, 0.15) is 11.9 Å². The number of anilines is 2. The minimum Gasteiger partial charge on any atom is -0.384 e. The molecule has 1 aromatic heterocycles. The molecule has 56 heavy (non-hydrogen) atoms. The number of imide groups is 2. The lowest BCUT2D eigenvalue weighted by Crippen LogP contribution is -2.54. The third-order valence-electron chi connectivity index (χ3n) is 9.92. The van der Waals surface area contributed by atoms with Crippen molar-refractivity contribution in [2.75, 3.05) is 23.7 Å². The van der Waals surface area contributed by atoms with E-state index in [9.17, 15) is 37.1 Å². The summed E-state index contributed by atoms with van der Waals surface area (Å²) >= 11 is 0. The van der Waals surface area contributed by atoms with E-state index >= 15 is 0 Å². The first-order valence-corrected chi connectivity index (χ1v) is 18.2. The maximum Gasteiger partial charge on any atom is 0.416 e. The van der Waals surface area contributed by atoms with Gasteiger partial charge in [0.05, 0.1) is 28.4 Å². The van der Waals surface area contributed by atoms with Crippen LogP contribution < -0.4 is 21.3 Å². The number of pyridine rings is 1. The molecule has 2 atom stereocenters. The summed E-state index contributed by atoms with van der Waals surface area (Å²) in [6, 6.07) is 24.7. The van der Waals surface area contributed by atoms with Crippen molar-refractivity contribution in [3.05, 3.63) is 125 Å². The topological polar surface area (TPSA) is 150 Å². The fourth-order valence-corrected chi connectivity index (χ4v) is 7.01. The van der Waals surface area contributed by atoms with Gasteiger partial charge < -0.3 is 16.0 Å². The summed E-state index contributed by atoms with van der Waals surface area (Å²) in [5.41, 5.74) is 2.70. The third-order valence-corrected chi connectivity index (χ3v) is 9.92. The number of benzene rings is 4. The van der Waals surface area contributed by atoms with Crippen LogP contribution in [0, 0.1) is 0 Å². The molecule has 286 valence electrons. The van der Waals surface area contributed by atoms with E-state index in [-0.39, 0.29) is 29.9 Å². The Hall–Kier alpha value is -6.57. The Morgan fingerprint density at radius 2 is 1.57 bits per heavy atom. The van der Waals surface area contributed by atoms with Crippen LogP contribution in [0.5, 0.6) is 0 Å². The van der Waals surface area contributed by atoms with Gasteiger partial charge in [-0.1, -0.05) is 48.5 Å². The number of hydrogen-bond acceptors (Lipinski definition) is 8. The quantitative estimate of drug-likeness (QED) is 0.0776. The summed E-state index contributed by atoms with van der Waals surface area (Å²) in [7, 11) is 0. The number of piperidine rings is 1. The highest BCUT2D eigenvalue weighted by atomic mass is 19.4. The number of nitrogens with one attached hydrogen (secondary N) is 4. The van der Waals surface area contributed by atoms with Gasteiger partial charge in [-0.15, -0.1) is 0 Å². The van der Waals surface area contributed by atoms with E-state index in [2.05, 4.69) is 26.3 Å². The molecule has 4 N–H and O–H groups in total. The van der Waals surface area contributed by atoms with Crippen molar-refractivity contribution in [1.82, 2.24) is 20.5 Å². The first-order valence-electron chi connectivity index (χ1n) is 18.2. The number of fused-ring (bicyclic) bond motifs is 2. The minimum absolute atomic E-state index is 0.0497. The first-order chi connectivity index (χ1) is 26.9. The van der Waals surface area contributed by atoms with E-state index in [1.807, 2.05) is 37.3 Å². The lowest BCUT2D eigenvalue weighted by atomic mass is 9.96. The standard InChI is InChI=1S/C42H37F3N6O5/c1-24(48-38(53)27-15-18-30-26(23-27)7-4-8-29(30)25-13-16-28(17-14-25)42(43,44)45)32-10-6-12-35(49-32)47-22-3-2-21-46-33-11-5-9-31-37(33)41(56)51(40(31)55)34-19-20-36(52)50-39(34)54/h4-18,23-24,34,46H,2-3,19-22H2,1H3,(H,47,49)(H,48,53)(H,50,52,54)/t24-,34?/m0/s1.